The maximum atomic E-state index is 11.3. The molecule has 0 saturated carbocycles. The molecular formula is C12H14N4OS. The molecule has 1 aliphatic rings. The molecule has 0 aliphatic carbocycles. The van der Waals surface area contributed by atoms with E-state index < -0.39 is 0 Å². The van der Waals surface area contributed by atoms with Crippen molar-refractivity contribution in [3.05, 3.63) is 18.5 Å². The van der Waals surface area contributed by atoms with Crippen LogP contribution in [-0.2, 0) is 4.79 Å². The minimum atomic E-state index is -0.206. The number of anilines is 1. The zero-order valence-electron chi connectivity index (χ0n) is 9.87. The van der Waals surface area contributed by atoms with E-state index in [1.165, 1.54) is 0 Å². The first-order valence-electron chi connectivity index (χ1n) is 5.99. The highest BCUT2D eigenvalue weighted by Crippen LogP contribution is 2.30. The lowest BCUT2D eigenvalue weighted by atomic mass is 9.98. The zero-order valence-corrected chi connectivity index (χ0v) is 10.7. The van der Waals surface area contributed by atoms with Crippen molar-refractivity contribution in [3.8, 4) is 0 Å². The summed E-state index contributed by atoms with van der Waals surface area (Å²) < 4.78 is 1.13. The second kappa shape index (κ2) is 4.53. The van der Waals surface area contributed by atoms with Crippen molar-refractivity contribution < 1.29 is 4.79 Å². The summed E-state index contributed by atoms with van der Waals surface area (Å²) in [7, 11) is 0. The molecule has 1 aliphatic heterocycles. The van der Waals surface area contributed by atoms with E-state index in [0.29, 0.717) is 6.54 Å². The van der Waals surface area contributed by atoms with Crippen LogP contribution in [0.5, 0.6) is 0 Å². The maximum absolute atomic E-state index is 11.3. The summed E-state index contributed by atoms with van der Waals surface area (Å²) in [6.07, 6.45) is 5.41. The van der Waals surface area contributed by atoms with Crippen LogP contribution < -0.4 is 10.6 Å². The number of nitrogens with two attached hydrogens (primary N) is 1. The number of piperidine rings is 1. The lowest BCUT2D eigenvalue weighted by Crippen LogP contribution is -2.41. The van der Waals surface area contributed by atoms with Crippen LogP contribution in [-0.4, -0.2) is 29.0 Å². The van der Waals surface area contributed by atoms with Crippen LogP contribution in [0.2, 0.25) is 0 Å². The molecule has 0 spiro atoms. The Labute approximate surface area is 109 Å². The Morgan fingerprint density at radius 3 is 3.22 bits per heavy atom. The van der Waals surface area contributed by atoms with Gasteiger partial charge in [-0.3, -0.25) is 9.78 Å². The van der Waals surface area contributed by atoms with Gasteiger partial charge in [-0.2, -0.15) is 0 Å². The Kier molecular flexibility index (Phi) is 2.87. The first-order valence-corrected chi connectivity index (χ1v) is 6.80. The van der Waals surface area contributed by atoms with Gasteiger partial charge in [-0.05, 0) is 18.9 Å². The lowest BCUT2D eigenvalue weighted by Gasteiger charge is -2.30. The number of aromatic nitrogens is 2. The number of hydrogen-bond donors (Lipinski definition) is 1. The van der Waals surface area contributed by atoms with Gasteiger partial charge in [-0.25, -0.2) is 4.98 Å². The van der Waals surface area contributed by atoms with Gasteiger partial charge < -0.3 is 10.6 Å². The van der Waals surface area contributed by atoms with Gasteiger partial charge in [-0.1, -0.05) is 11.3 Å². The Morgan fingerprint density at radius 2 is 2.44 bits per heavy atom. The van der Waals surface area contributed by atoms with Crippen molar-refractivity contribution >= 4 is 32.6 Å². The minimum absolute atomic E-state index is 0.0520. The number of pyridine rings is 1. The number of rotatable bonds is 2. The number of hydrogen-bond acceptors (Lipinski definition) is 5. The summed E-state index contributed by atoms with van der Waals surface area (Å²) in [5.74, 6) is -0.258. The van der Waals surface area contributed by atoms with Crippen molar-refractivity contribution in [2.24, 2.45) is 11.7 Å². The van der Waals surface area contributed by atoms with Gasteiger partial charge in [0.15, 0.2) is 5.13 Å². The third-order valence-electron chi connectivity index (χ3n) is 3.27. The molecule has 2 aromatic rings. The second-order valence-electron chi connectivity index (χ2n) is 4.53. The van der Waals surface area contributed by atoms with Gasteiger partial charge in [-0.15, -0.1) is 0 Å². The number of nitrogens with zero attached hydrogens (tertiary/aromatic N) is 3. The molecule has 2 aromatic heterocycles. The van der Waals surface area contributed by atoms with Crippen LogP contribution >= 0.6 is 11.3 Å². The highest BCUT2D eigenvalue weighted by Gasteiger charge is 2.25. The van der Waals surface area contributed by atoms with Gasteiger partial charge in [0.2, 0.25) is 5.91 Å². The van der Waals surface area contributed by atoms with Crippen molar-refractivity contribution in [2.45, 2.75) is 12.8 Å². The number of fused-ring (bicyclic) bond motifs is 1. The largest absolute Gasteiger partial charge is 0.369 e. The van der Waals surface area contributed by atoms with E-state index in [1.54, 1.807) is 23.7 Å². The molecule has 3 heterocycles. The first kappa shape index (κ1) is 11.4. The number of thiazole rings is 1. The number of primary amides is 1. The fourth-order valence-electron chi connectivity index (χ4n) is 2.29. The zero-order chi connectivity index (χ0) is 12.5. The smallest absolute Gasteiger partial charge is 0.222 e. The fraction of sp³-hybridized carbons (Fsp3) is 0.417. The standard InChI is InChI=1S/C12H14N4OS/c13-11(17)8-2-1-5-16(7-8)12-15-9-6-14-4-3-10(9)18-12/h3-4,6,8H,1-2,5,7H2,(H2,13,17). The predicted octanol–water partition coefficient (Wildman–Crippen LogP) is 1.39. The van der Waals surface area contributed by atoms with Crippen LogP contribution in [0.3, 0.4) is 0 Å². The SMILES string of the molecule is NC(=O)C1CCCN(c2nc3cnccc3s2)C1. The molecule has 1 atom stereocenters. The first-order chi connectivity index (χ1) is 8.74. The highest BCUT2D eigenvalue weighted by molar-refractivity contribution is 7.22. The van der Waals surface area contributed by atoms with Crippen LogP contribution in [0.15, 0.2) is 18.5 Å². The van der Waals surface area contributed by atoms with Crippen molar-refractivity contribution in [1.82, 2.24) is 9.97 Å². The number of amides is 1. The molecule has 0 bridgehead atoms. The molecule has 1 unspecified atom stereocenters. The van der Waals surface area contributed by atoms with E-state index in [1.807, 2.05) is 6.07 Å². The molecule has 1 amide bonds. The van der Waals surface area contributed by atoms with Crippen molar-refractivity contribution in [2.75, 3.05) is 18.0 Å². The Bertz CT molecular complexity index is 549. The summed E-state index contributed by atoms with van der Waals surface area (Å²) in [5, 5.41) is 0.962. The Hall–Kier alpha value is -1.69. The fourth-order valence-corrected chi connectivity index (χ4v) is 3.25. The van der Waals surface area contributed by atoms with Gasteiger partial charge in [0, 0.05) is 19.3 Å². The molecule has 1 fully saturated rings. The van der Waals surface area contributed by atoms with Gasteiger partial charge in [0.05, 0.1) is 16.8 Å². The summed E-state index contributed by atoms with van der Waals surface area (Å²) in [6.45, 7) is 1.62. The van der Waals surface area contributed by atoms with Crippen molar-refractivity contribution in [1.29, 1.82) is 0 Å². The lowest BCUT2D eigenvalue weighted by molar-refractivity contribution is -0.122. The molecule has 5 nitrogen and oxygen atoms in total. The third-order valence-corrected chi connectivity index (χ3v) is 4.37. The average Bonchev–Trinajstić information content (AvgIpc) is 2.82. The Balaban J connectivity index is 1.87. The van der Waals surface area contributed by atoms with Crippen LogP contribution in [0.25, 0.3) is 10.2 Å². The van der Waals surface area contributed by atoms with Crippen LogP contribution in [0, 0.1) is 5.92 Å². The molecule has 6 heteroatoms. The normalized spacial score (nSPS) is 20.2. The minimum Gasteiger partial charge on any atom is -0.369 e. The van der Waals surface area contributed by atoms with Crippen LogP contribution in [0.4, 0.5) is 5.13 Å². The summed E-state index contributed by atoms with van der Waals surface area (Å²) in [5.41, 5.74) is 6.31. The molecule has 18 heavy (non-hydrogen) atoms. The van der Waals surface area contributed by atoms with E-state index in [2.05, 4.69) is 14.9 Å². The highest BCUT2D eigenvalue weighted by atomic mass is 32.1. The topological polar surface area (TPSA) is 72.1 Å². The molecule has 3 rings (SSSR count). The van der Waals surface area contributed by atoms with Gasteiger partial charge in [0.1, 0.15) is 5.52 Å². The summed E-state index contributed by atoms with van der Waals surface area (Å²) >= 11 is 1.64. The number of carbonyl (C=O) groups is 1. The molecule has 0 aromatic carbocycles. The van der Waals surface area contributed by atoms with E-state index >= 15 is 0 Å². The monoisotopic (exact) mass is 262 g/mol. The summed E-state index contributed by atoms with van der Waals surface area (Å²) in [6, 6.07) is 1.96. The number of carbonyl (C=O) groups excluding carboxylic acids is 1. The third kappa shape index (κ3) is 2.03. The predicted molar refractivity (Wildman–Crippen MR) is 71.5 cm³/mol. The molecule has 2 N–H and O–H groups in total. The molecule has 0 radical (unpaired) electrons. The summed E-state index contributed by atoms with van der Waals surface area (Å²) in [4.78, 5) is 22.1. The van der Waals surface area contributed by atoms with E-state index in [0.717, 1.165) is 34.7 Å². The Morgan fingerprint density at radius 1 is 1.56 bits per heavy atom. The van der Waals surface area contributed by atoms with E-state index in [4.69, 9.17) is 5.73 Å². The average molecular weight is 262 g/mol. The van der Waals surface area contributed by atoms with E-state index in [9.17, 15) is 4.79 Å². The quantitative estimate of drug-likeness (QED) is 0.887. The molecule has 94 valence electrons. The van der Waals surface area contributed by atoms with E-state index in [-0.39, 0.29) is 11.8 Å². The molecule has 1 saturated heterocycles. The second-order valence-corrected chi connectivity index (χ2v) is 5.54. The van der Waals surface area contributed by atoms with Gasteiger partial charge >= 0.3 is 0 Å². The van der Waals surface area contributed by atoms with Crippen molar-refractivity contribution in [3.63, 3.8) is 0 Å². The van der Waals surface area contributed by atoms with Crippen LogP contribution in [0.1, 0.15) is 12.8 Å². The maximum Gasteiger partial charge on any atom is 0.222 e. The molecular weight excluding hydrogens is 248 g/mol. The van der Waals surface area contributed by atoms with Gasteiger partial charge in [0.25, 0.3) is 0 Å².